The van der Waals surface area contributed by atoms with Crippen molar-refractivity contribution in [3.05, 3.63) is 81.7 Å². The summed E-state index contributed by atoms with van der Waals surface area (Å²) >= 11 is 2.16. The minimum atomic E-state index is -0.645. The van der Waals surface area contributed by atoms with Crippen LogP contribution in [0, 0.1) is 5.82 Å². The maximum Gasteiger partial charge on any atom is 0.266 e. The average molecular weight is 455 g/mol. The van der Waals surface area contributed by atoms with E-state index < -0.39 is 23.2 Å². The quantitative estimate of drug-likeness (QED) is 0.343. The molecular weight excluding hydrogens is 439 g/mol. The molecule has 4 aromatic rings. The molecule has 0 aliphatic rings. The second kappa shape index (κ2) is 8.70. The molecule has 0 aliphatic carbocycles. The second-order valence-electron chi connectivity index (χ2n) is 6.37. The van der Waals surface area contributed by atoms with Crippen LogP contribution in [0.3, 0.4) is 0 Å². The van der Waals surface area contributed by atoms with Gasteiger partial charge in [-0.3, -0.25) is 19.0 Å². The fourth-order valence-electron chi connectivity index (χ4n) is 2.95. The molecule has 0 radical (unpaired) electrons. The molecule has 0 unspecified atom stereocenters. The van der Waals surface area contributed by atoms with Crippen LogP contribution in [0.4, 0.5) is 9.39 Å². The minimum Gasteiger partial charge on any atom is -0.366 e. The largest absolute Gasteiger partial charge is 0.366 e. The Hall–Kier alpha value is -3.50. The number of fused-ring (bicyclic) bond motifs is 1. The highest BCUT2D eigenvalue weighted by molar-refractivity contribution is 7.99. The smallest absolute Gasteiger partial charge is 0.266 e. The minimum absolute atomic E-state index is 0.0444. The highest BCUT2D eigenvalue weighted by Crippen LogP contribution is 2.25. The SMILES string of the molecule is NC(=O)c1ccsc1NC(=O)CSc1nc2ccccc2c(=O)n1-c1ccccc1F. The summed E-state index contributed by atoms with van der Waals surface area (Å²) in [6, 6.07) is 14.1. The molecule has 31 heavy (non-hydrogen) atoms. The van der Waals surface area contributed by atoms with E-state index in [4.69, 9.17) is 5.73 Å². The number of nitrogens with zero attached hydrogens (tertiary/aromatic N) is 2. The normalized spacial score (nSPS) is 10.9. The number of carbonyl (C=O) groups excluding carboxylic acids is 2. The van der Waals surface area contributed by atoms with Crippen molar-refractivity contribution >= 4 is 50.8 Å². The zero-order chi connectivity index (χ0) is 22.0. The zero-order valence-corrected chi connectivity index (χ0v) is 17.5. The summed E-state index contributed by atoms with van der Waals surface area (Å²) in [6.45, 7) is 0. The Morgan fingerprint density at radius 3 is 2.65 bits per heavy atom. The number of primary amides is 1. The molecule has 7 nitrogen and oxygen atoms in total. The predicted octanol–water partition coefficient (Wildman–Crippen LogP) is 3.42. The van der Waals surface area contributed by atoms with Crippen LogP contribution in [0.1, 0.15) is 10.4 Å². The number of anilines is 1. The van der Waals surface area contributed by atoms with Gasteiger partial charge in [-0.2, -0.15) is 0 Å². The number of para-hydroxylation sites is 2. The van der Waals surface area contributed by atoms with E-state index in [9.17, 15) is 18.8 Å². The number of thiophene rings is 1. The summed E-state index contributed by atoms with van der Waals surface area (Å²) < 4.78 is 15.7. The fraction of sp³-hybridized carbons (Fsp3) is 0.0476. The molecule has 156 valence electrons. The van der Waals surface area contributed by atoms with Crippen molar-refractivity contribution in [1.82, 2.24) is 9.55 Å². The van der Waals surface area contributed by atoms with Crippen molar-refractivity contribution in [2.45, 2.75) is 5.16 Å². The molecule has 0 aliphatic heterocycles. The number of hydrogen-bond donors (Lipinski definition) is 2. The molecule has 4 rings (SSSR count). The lowest BCUT2D eigenvalue weighted by atomic mass is 10.2. The maximum atomic E-state index is 14.5. The van der Waals surface area contributed by atoms with E-state index >= 15 is 0 Å². The van der Waals surface area contributed by atoms with Gasteiger partial charge in [-0.05, 0) is 35.7 Å². The van der Waals surface area contributed by atoms with Crippen molar-refractivity contribution in [2.75, 3.05) is 11.1 Å². The zero-order valence-electron chi connectivity index (χ0n) is 15.9. The number of hydrogen-bond acceptors (Lipinski definition) is 6. The van der Waals surface area contributed by atoms with Crippen molar-refractivity contribution in [3.8, 4) is 5.69 Å². The van der Waals surface area contributed by atoms with Crippen LogP contribution in [0.25, 0.3) is 16.6 Å². The van der Waals surface area contributed by atoms with Gasteiger partial charge < -0.3 is 11.1 Å². The van der Waals surface area contributed by atoms with Gasteiger partial charge >= 0.3 is 0 Å². The van der Waals surface area contributed by atoms with Gasteiger partial charge in [-0.25, -0.2) is 9.37 Å². The van der Waals surface area contributed by atoms with Gasteiger partial charge in [0.1, 0.15) is 10.8 Å². The van der Waals surface area contributed by atoms with Gasteiger partial charge in [-0.15, -0.1) is 11.3 Å². The van der Waals surface area contributed by atoms with Gasteiger partial charge in [-0.1, -0.05) is 36.0 Å². The number of carbonyl (C=O) groups is 2. The lowest BCUT2D eigenvalue weighted by Crippen LogP contribution is -2.24. The van der Waals surface area contributed by atoms with Crippen LogP contribution < -0.4 is 16.6 Å². The Bertz CT molecular complexity index is 1370. The summed E-state index contributed by atoms with van der Waals surface area (Å²) in [7, 11) is 0. The Balaban J connectivity index is 1.68. The molecule has 0 fully saturated rings. The number of benzene rings is 2. The molecule has 0 saturated heterocycles. The van der Waals surface area contributed by atoms with Crippen LogP contribution in [0.2, 0.25) is 0 Å². The summed E-state index contributed by atoms with van der Waals surface area (Å²) in [6.07, 6.45) is 0. The summed E-state index contributed by atoms with van der Waals surface area (Å²) in [5.41, 5.74) is 5.56. The van der Waals surface area contributed by atoms with Crippen LogP contribution in [0.15, 0.2) is 69.9 Å². The summed E-state index contributed by atoms with van der Waals surface area (Å²) in [5.74, 6) is -1.76. The average Bonchev–Trinajstić information content (AvgIpc) is 3.22. The summed E-state index contributed by atoms with van der Waals surface area (Å²) in [5, 5.41) is 5.13. The molecule has 2 heterocycles. The van der Waals surface area contributed by atoms with Gasteiger partial charge in [0, 0.05) is 0 Å². The lowest BCUT2D eigenvalue weighted by molar-refractivity contribution is -0.113. The maximum absolute atomic E-state index is 14.5. The third-order valence-corrected chi connectivity index (χ3v) is 6.12. The second-order valence-corrected chi connectivity index (χ2v) is 8.23. The standard InChI is InChI=1S/C21H15FN4O3S2/c22-14-6-2-4-8-16(14)26-20(29)12-5-1-3-7-15(12)24-21(26)31-11-17(27)25-19-13(18(23)28)9-10-30-19/h1-10H,11H2,(H2,23,28)(H,25,27). The van der Waals surface area contributed by atoms with Crippen LogP contribution >= 0.6 is 23.1 Å². The number of rotatable bonds is 6. The third-order valence-electron chi connectivity index (χ3n) is 4.35. The van der Waals surface area contributed by atoms with E-state index in [1.54, 1.807) is 35.7 Å². The number of aromatic nitrogens is 2. The Labute approximate surface area is 183 Å². The molecular formula is C21H15FN4O3S2. The molecule has 0 atom stereocenters. The van der Waals surface area contributed by atoms with E-state index in [2.05, 4.69) is 10.3 Å². The molecule has 10 heteroatoms. The molecule has 3 N–H and O–H groups in total. The van der Waals surface area contributed by atoms with E-state index in [-0.39, 0.29) is 22.2 Å². The molecule has 2 aromatic carbocycles. The van der Waals surface area contributed by atoms with Gasteiger partial charge in [0.25, 0.3) is 11.5 Å². The predicted molar refractivity (Wildman–Crippen MR) is 119 cm³/mol. The molecule has 0 bridgehead atoms. The number of nitrogens with two attached hydrogens (primary N) is 1. The number of thioether (sulfide) groups is 1. The summed E-state index contributed by atoms with van der Waals surface area (Å²) in [4.78, 5) is 41.5. The fourth-order valence-corrected chi connectivity index (χ4v) is 4.56. The number of amides is 2. The van der Waals surface area contributed by atoms with Crippen LogP contribution in [-0.4, -0.2) is 27.1 Å². The Morgan fingerprint density at radius 2 is 1.87 bits per heavy atom. The van der Waals surface area contributed by atoms with E-state index in [1.165, 1.54) is 35.6 Å². The monoisotopic (exact) mass is 454 g/mol. The third kappa shape index (κ3) is 4.21. The number of nitrogens with one attached hydrogen (secondary N) is 1. The van der Waals surface area contributed by atoms with E-state index in [0.717, 1.165) is 16.3 Å². The van der Waals surface area contributed by atoms with E-state index in [1.807, 2.05) is 0 Å². The first-order chi connectivity index (χ1) is 15.0. The first kappa shape index (κ1) is 20.8. The highest BCUT2D eigenvalue weighted by Gasteiger charge is 2.18. The first-order valence-electron chi connectivity index (χ1n) is 9.02. The van der Waals surface area contributed by atoms with Gasteiger partial charge in [0.2, 0.25) is 5.91 Å². The molecule has 0 saturated carbocycles. The molecule has 2 aromatic heterocycles. The highest BCUT2D eigenvalue weighted by atomic mass is 32.2. The Kier molecular flexibility index (Phi) is 5.83. The number of halogens is 1. The van der Waals surface area contributed by atoms with E-state index in [0.29, 0.717) is 15.9 Å². The van der Waals surface area contributed by atoms with Crippen molar-refractivity contribution in [3.63, 3.8) is 0 Å². The molecule has 2 amide bonds. The van der Waals surface area contributed by atoms with Crippen LogP contribution in [-0.2, 0) is 4.79 Å². The Morgan fingerprint density at radius 1 is 1.13 bits per heavy atom. The van der Waals surface area contributed by atoms with Crippen molar-refractivity contribution in [1.29, 1.82) is 0 Å². The molecule has 0 spiro atoms. The van der Waals surface area contributed by atoms with Crippen molar-refractivity contribution in [2.24, 2.45) is 5.73 Å². The topological polar surface area (TPSA) is 107 Å². The van der Waals surface area contributed by atoms with Crippen LogP contribution in [0.5, 0.6) is 0 Å². The van der Waals surface area contributed by atoms with Gasteiger partial charge in [0.15, 0.2) is 5.16 Å². The van der Waals surface area contributed by atoms with Gasteiger partial charge in [0.05, 0.1) is 27.9 Å². The lowest BCUT2D eigenvalue weighted by Gasteiger charge is -2.13. The van der Waals surface area contributed by atoms with Crippen molar-refractivity contribution < 1.29 is 14.0 Å². The first-order valence-corrected chi connectivity index (χ1v) is 10.9.